The fourth-order valence-corrected chi connectivity index (χ4v) is 5.52. The molecule has 2 rings (SSSR count). The van der Waals surface area contributed by atoms with Crippen LogP contribution >= 0.6 is 11.8 Å². The van der Waals surface area contributed by atoms with Crippen molar-refractivity contribution in [3.05, 3.63) is 0 Å². The van der Waals surface area contributed by atoms with Crippen LogP contribution in [0.3, 0.4) is 0 Å². The molecule has 5 nitrogen and oxygen atoms in total. The van der Waals surface area contributed by atoms with E-state index in [0.717, 1.165) is 12.2 Å². The van der Waals surface area contributed by atoms with Gasteiger partial charge in [-0.05, 0) is 6.42 Å². The van der Waals surface area contributed by atoms with E-state index in [-0.39, 0.29) is 24.0 Å². The number of sulfone groups is 1. The monoisotopic (exact) mass is 307 g/mol. The summed E-state index contributed by atoms with van der Waals surface area (Å²) in [6, 6.07) is 0. The Bertz CT molecular complexity index is 417. The lowest BCUT2D eigenvalue weighted by Gasteiger charge is -2.34. The summed E-state index contributed by atoms with van der Waals surface area (Å²) >= 11 is 1.65. The maximum atomic E-state index is 12.2. The summed E-state index contributed by atoms with van der Waals surface area (Å²) in [7, 11) is -3.12. The minimum absolute atomic E-state index is 0.0421. The van der Waals surface area contributed by atoms with Gasteiger partial charge >= 0.3 is 0 Å². The van der Waals surface area contributed by atoms with Crippen molar-refractivity contribution in [3.63, 3.8) is 0 Å². The molecule has 0 bridgehead atoms. The van der Waals surface area contributed by atoms with Crippen LogP contribution in [0.15, 0.2) is 0 Å². The molecule has 0 N–H and O–H groups in total. The van der Waals surface area contributed by atoms with Crippen molar-refractivity contribution in [2.45, 2.75) is 18.7 Å². The van der Waals surface area contributed by atoms with Crippen molar-refractivity contribution in [1.82, 2.24) is 4.90 Å². The predicted octanol–water partition coefficient (Wildman–Crippen LogP) is 0.402. The first-order valence-electron chi connectivity index (χ1n) is 6.68. The molecule has 2 heterocycles. The molecule has 2 fully saturated rings. The molecule has 2 unspecified atom stereocenters. The molecule has 0 spiro atoms. The number of carbonyl (C=O) groups excluding carboxylic acids is 1. The molecule has 7 heteroatoms. The first-order valence-corrected chi connectivity index (χ1v) is 9.55. The molecule has 0 aliphatic carbocycles. The normalized spacial score (nSPS) is 29.5. The van der Waals surface area contributed by atoms with E-state index in [0.29, 0.717) is 25.5 Å². The lowest BCUT2D eigenvalue weighted by atomic mass is 10.0. The van der Waals surface area contributed by atoms with E-state index in [2.05, 4.69) is 0 Å². The molecule has 0 radical (unpaired) electrons. The van der Waals surface area contributed by atoms with Crippen LogP contribution in [0, 0.1) is 5.92 Å². The van der Waals surface area contributed by atoms with Crippen LogP contribution in [0.25, 0.3) is 0 Å². The summed E-state index contributed by atoms with van der Waals surface area (Å²) in [6.07, 6.45) is 0.770. The third-order valence-electron chi connectivity index (χ3n) is 3.75. The Morgan fingerprint density at radius 2 is 2.26 bits per heavy atom. The van der Waals surface area contributed by atoms with E-state index in [1.54, 1.807) is 18.7 Å². The standard InChI is InChI=1S/C12H21NO4S2/c1-2-19(15,16)12-9-18-6-4-13(12)7-11(14)10-3-5-17-8-10/h10,12H,2-9H2,1H3. The second kappa shape index (κ2) is 6.56. The quantitative estimate of drug-likeness (QED) is 0.733. The summed E-state index contributed by atoms with van der Waals surface area (Å²) < 4.78 is 29.4. The van der Waals surface area contributed by atoms with Gasteiger partial charge in [-0.3, -0.25) is 9.69 Å². The Hall–Kier alpha value is -0.110. The Morgan fingerprint density at radius 1 is 1.47 bits per heavy atom. The van der Waals surface area contributed by atoms with Gasteiger partial charge < -0.3 is 4.74 Å². The number of ether oxygens (including phenoxy) is 1. The zero-order chi connectivity index (χ0) is 13.9. The van der Waals surface area contributed by atoms with E-state index < -0.39 is 15.2 Å². The van der Waals surface area contributed by atoms with Crippen molar-refractivity contribution < 1.29 is 17.9 Å². The molecule has 0 aromatic heterocycles. The largest absolute Gasteiger partial charge is 0.381 e. The van der Waals surface area contributed by atoms with E-state index in [4.69, 9.17) is 4.74 Å². The van der Waals surface area contributed by atoms with Gasteiger partial charge in [0.1, 0.15) is 5.37 Å². The molecule has 0 saturated carbocycles. The van der Waals surface area contributed by atoms with Gasteiger partial charge in [0.25, 0.3) is 0 Å². The highest BCUT2D eigenvalue weighted by atomic mass is 32.2. The first-order chi connectivity index (χ1) is 9.04. The van der Waals surface area contributed by atoms with Gasteiger partial charge in [0.05, 0.1) is 13.2 Å². The topological polar surface area (TPSA) is 63.7 Å². The van der Waals surface area contributed by atoms with Crippen LogP contribution in [-0.2, 0) is 19.4 Å². The summed E-state index contributed by atoms with van der Waals surface area (Å²) in [5, 5.41) is -0.498. The number of hydrogen-bond acceptors (Lipinski definition) is 6. The number of rotatable bonds is 5. The number of nitrogens with zero attached hydrogens (tertiary/aromatic N) is 1. The zero-order valence-electron chi connectivity index (χ0n) is 11.2. The Kier molecular flexibility index (Phi) is 5.28. The molecular weight excluding hydrogens is 286 g/mol. The number of ketones is 1. The highest BCUT2D eigenvalue weighted by molar-refractivity contribution is 8.01. The SMILES string of the molecule is CCS(=O)(=O)C1CSCCN1CC(=O)C1CCOC1. The van der Waals surface area contributed by atoms with Crippen molar-refractivity contribution >= 4 is 27.4 Å². The van der Waals surface area contributed by atoms with Crippen molar-refractivity contribution in [3.8, 4) is 0 Å². The van der Waals surface area contributed by atoms with E-state index in [1.165, 1.54) is 0 Å². The minimum atomic E-state index is -3.12. The van der Waals surface area contributed by atoms with E-state index in [9.17, 15) is 13.2 Å². The lowest BCUT2D eigenvalue weighted by Crippen LogP contribution is -2.50. The van der Waals surface area contributed by atoms with Crippen molar-refractivity contribution in [2.24, 2.45) is 5.92 Å². The number of carbonyl (C=O) groups is 1. The summed E-state index contributed by atoms with van der Waals surface area (Å²) in [4.78, 5) is 14.0. The second-order valence-electron chi connectivity index (χ2n) is 4.98. The lowest BCUT2D eigenvalue weighted by molar-refractivity contribution is -0.124. The van der Waals surface area contributed by atoms with Crippen LogP contribution in [-0.4, -0.2) is 68.0 Å². The summed E-state index contributed by atoms with van der Waals surface area (Å²) in [6.45, 7) is 3.72. The minimum Gasteiger partial charge on any atom is -0.381 e. The predicted molar refractivity (Wildman–Crippen MR) is 76.1 cm³/mol. The van der Waals surface area contributed by atoms with Crippen molar-refractivity contribution in [1.29, 1.82) is 0 Å². The molecule has 0 aromatic carbocycles. The molecular formula is C12H21NO4S2. The van der Waals surface area contributed by atoms with Gasteiger partial charge in [0.2, 0.25) is 0 Å². The number of Topliss-reactive ketones (excluding diaryl/α,β-unsaturated/α-hetero) is 1. The molecule has 2 aliphatic heterocycles. The number of thioether (sulfide) groups is 1. The van der Waals surface area contributed by atoms with Gasteiger partial charge in [-0.25, -0.2) is 8.42 Å². The highest BCUT2D eigenvalue weighted by Crippen LogP contribution is 2.22. The second-order valence-corrected chi connectivity index (χ2v) is 8.58. The molecule has 110 valence electrons. The van der Waals surface area contributed by atoms with Crippen LogP contribution < -0.4 is 0 Å². The van der Waals surface area contributed by atoms with E-state index in [1.807, 2.05) is 4.90 Å². The van der Waals surface area contributed by atoms with E-state index >= 15 is 0 Å². The third-order valence-corrected chi connectivity index (χ3v) is 7.08. The first kappa shape index (κ1) is 15.3. The maximum absolute atomic E-state index is 12.2. The fraction of sp³-hybridized carbons (Fsp3) is 0.917. The maximum Gasteiger partial charge on any atom is 0.166 e. The highest BCUT2D eigenvalue weighted by Gasteiger charge is 2.35. The van der Waals surface area contributed by atoms with Crippen LogP contribution in [0.1, 0.15) is 13.3 Å². The molecule has 2 saturated heterocycles. The summed E-state index contributed by atoms with van der Waals surface area (Å²) in [5.74, 6) is 1.69. The molecule has 19 heavy (non-hydrogen) atoms. The van der Waals surface area contributed by atoms with Crippen LogP contribution in [0.2, 0.25) is 0 Å². The molecule has 0 amide bonds. The molecule has 2 aliphatic rings. The van der Waals surface area contributed by atoms with Gasteiger partial charge in [0, 0.05) is 36.3 Å². The van der Waals surface area contributed by atoms with Gasteiger partial charge in [0.15, 0.2) is 15.6 Å². The van der Waals surface area contributed by atoms with Crippen molar-refractivity contribution in [2.75, 3.05) is 43.6 Å². The smallest absolute Gasteiger partial charge is 0.166 e. The van der Waals surface area contributed by atoms with Gasteiger partial charge in [-0.2, -0.15) is 11.8 Å². The Labute approximate surface area is 119 Å². The zero-order valence-corrected chi connectivity index (χ0v) is 12.8. The average molecular weight is 307 g/mol. The third kappa shape index (κ3) is 3.71. The summed E-state index contributed by atoms with van der Waals surface area (Å²) in [5.41, 5.74) is 0. The Morgan fingerprint density at radius 3 is 2.89 bits per heavy atom. The fourth-order valence-electron chi connectivity index (χ4n) is 2.44. The molecule has 2 atom stereocenters. The van der Waals surface area contributed by atoms with Gasteiger partial charge in [-0.15, -0.1) is 0 Å². The average Bonchev–Trinajstić information content (AvgIpc) is 2.93. The molecule has 0 aromatic rings. The van der Waals surface area contributed by atoms with Crippen LogP contribution in [0.4, 0.5) is 0 Å². The van der Waals surface area contributed by atoms with Gasteiger partial charge in [-0.1, -0.05) is 6.92 Å². The number of hydrogen-bond donors (Lipinski definition) is 0. The Balaban J connectivity index is 2.01. The van der Waals surface area contributed by atoms with Crippen LogP contribution in [0.5, 0.6) is 0 Å².